The van der Waals surface area contributed by atoms with Crippen molar-refractivity contribution < 1.29 is 18.7 Å². The molecule has 0 atom stereocenters. The van der Waals surface area contributed by atoms with Gasteiger partial charge in [0.15, 0.2) is 0 Å². The third-order valence-corrected chi connectivity index (χ3v) is 5.43. The number of ether oxygens (including phenoxy) is 2. The van der Waals surface area contributed by atoms with Crippen LogP contribution in [0.1, 0.15) is 16.3 Å². The quantitative estimate of drug-likeness (QED) is 0.329. The van der Waals surface area contributed by atoms with E-state index in [1.807, 2.05) is 47.8 Å². The van der Waals surface area contributed by atoms with Gasteiger partial charge in [-0.1, -0.05) is 54.6 Å². The molecule has 156 valence electrons. The van der Waals surface area contributed by atoms with Gasteiger partial charge in [0, 0.05) is 5.38 Å². The molecule has 4 rings (SSSR count). The van der Waals surface area contributed by atoms with E-state index in [2.05, 4.69) is 17.1 Å². The summed E-state index contributed by atoms with van der Waals surface area (Å²) >= 11 is 1.41. The van der Waals surface area contributed by atoms with Crippen molar-refractivity contribution in [2.45, 2.75) is 19.6 Å². The Morgan fingerprint density at radius 1 is 0.871 bits per heavy atom. The minimum absolute atomic E-state index is 0.106. The van der Waals surface area contributed by atoms with Gasteiger partial charge in [0.1, 0.15) is 29.8 Å². The molecule has 1 heterocycles. The van der Waals surface area contributed by atoms with Crippen molar-refractivity contribution in [3.8, 4) is 16.9 Å². The Bertz CT molecular complexity index is 1130. The lowest BCUT2D eigenvalue weighted by molar-refractivity contribution is -0.144. The van der Waals surface area contributed by atoms with E-state index in [1.54, 1.807) is 12.1 Å². The van der Waals surface area contributed by atoms with Crippen LogP contribution in [0.2, 0.25) is 0 Å². The SMILES string of the molecule is O=C(Cc1csc(COc2ccc(F)cc2)n1)OCc1ccc(-c2ccccc2)cc1. The molecular formula is C25H20FNO3S. The zero-order valence-electron chi connectivity index (χ0n) is 16.7. The smallest absolute Gasteiger partial charge is 0.312 e. The molecule has 0 aliphatic carbocycles. The molecule has 0 radical (unpaired) electrons. The highest BCUT2D eigenvalue weighted by Gasteiger charge is 2.10. The van der Waals surface area contributed by atoms with E-state index in [0.29, 0.717) is 11.4 Å². The van der Waals surface area contributed by atoms with E-state index in [-0.39, 0.29) is 31.4 Å². The van der Waals surface area contributed by atoms with Crippen molar-refractivity contribution in [3.05, 3.63) is 106 Å². The van der Waals surface area contributed by atoms with Crippen LogP contribution in [0, 0.1) is 5.82 Å². The fourth-order valence-corrected chi connectivity index (χ4v) is 3.66. The molecule has 0 amide bonds. The van der Waals surface area contributed by atoms with Crippen molar-refractivity contribution in [1.29, 1.82) is 0 Å². The third kappa shape index (κ3) is 5.99. The average molecular weight is 434 g/mol. The van der Waals surface area contributed by atoms with Gasteiger partial charge in [0.2, 0.25) is 0 Å². The molecule has 0 saturated carbocycles. The van der Waals surface area contributed by atoms with Gasteiger partial charge in [-0.05, 0) is 41.0 Å². The number of hydrogen-bond donors (Lipinski definition) is 0. The fourth-order valence-electron chi connectivity index (χ4n) is 2.96. The number of nitrogens with zero attached hydrogens (tertiary/aromatic N) is 1. The van der Waals surface area contributed by atoms with Crippen LogP contribution < -0.4 is 4.74 Å². The molecule has 0 saturated heterocycles. The molecule has 0 aliphatic rings. The van der Waals surface area contributed by atoms with E-state index in [4.69, 9.17) is 9.47 Å². The standard InChI is InChI=1S/C25H20FNO3S/c26-21-10-12-23(13-11-21)29-16-24-27-22(17-31-24)14-25(28)30-15-18-6-8-20(9-7-18)19-4-2-1-3-5-19/h1-13,17H,14-16H2. The van der Waals surface area contributed by atoms with Gasteiger partial charge in [-0.15, -0.1) is 11.3 Å². The number of carbonyl (C=O) groups is 1. The minimum Gasteiger partial charge on any atom is -0.486 e. The normalized spacial score (nSPS) is 10.6. The van der Waals surface area contributed by atoms with Gasteiger partial charge in [-0.25, -0.2) is 9.37 Å². The number of benzene rings is 3. The molecule has 3 aromatic carbocycles. The topological polar surface area (TPSA) is 48.4 Å². The highest BCUT2D eigenvalue weighted by molar-refractivity contribution is 7.09. The second kappa shape index (κ2) is 10.00. The summed E-state index contributed by atoms with van der Waals surface area (Å²) in [4.78, 5) is 16.6. The second-order valence-corrected chi connectivity index (χ2v) is 7.82. The molecular weight excluding hydrogens is 413 g/mol. The van der Waals surface area contributed by atoms with Crippen LogP contribution in [0.5, 0.6) is 5.75 Å². The van der Waals surface area contributed by atoms with Crippen LogP contribution in [-0.4, -0.2) is 11.0 Å². The second-order valence-electron chi connectivity index (χ2n) is 6.88. The van der Waals surface area contributed by atoms with E-state index < -0.39 is 0 Å². The Morgan fingerprint density at radius 3 is 2.32 bits per heavy atom. The van der Waals surface area contributed by atoms with Gasteiger partial charge < -0.3 is 9.47 Å². The van der Waals surface area contributed by atoms with Gasteiger partial charge in [-0.2, -0.15) is 0 Å². The number of hydrogen-bond acceptors (Lipinski definition) is 5. The Kier molecular flexibility index (Phi) is 6.69. The van der Waals surface area contributed by atoms with Crippen molar-refractivity contribution >= 4 is 17.3 Å². The summed E-state index contributed by atoms with van der Waals surface area (Å²) < 4.78 is 23.9. The molecule has 0 fully saturated rings. The lowest BCUT2D eigenvalue weighted by Gasteiger charge is -2.06. The predicted octanol–water partition coefficient (Wildman–Crippen LogP) is 5.81. The monoisotopic (exact) mass is 433 g/mol. The summed E-state index contributed by atoms with van der Waals surface area (Å²) in [6, 6.07) is 23.9. The molecule has 31 heavy (non-hydrogen) atoms. The first-order valence-electron chi connectivity index (χ1n) is 9.77. The first-order valence-corrected chi connectivity index (χ1v) is 10.7. The summed E-state index contributed by atoms with van der Waals surface area (Å²) in [7, 11) is 0. The number of carbonyl (C=O) groups excluding carboxylic acids is 1. The number of esters is 1. The summed E-state index contributed by atoms with van der Waals surface area (Å²) in [5.74, 6) is -0.0752. The minimum atomic E-state index is -0.330. The van der Waals surface area contributed by atoms with E-state index in [1.165, 1.54) is 23.5 Å². The van der Waals surface area contributed by atoms with Gasteiger partial charge in [0.05, 0.1) is 12.1 Å². The van der Waals surface area contributed by atoms with Gasteiger partial charge >= 0.3 is 5.97 Å². The first kappa shape index (κ1) is 20.8. The number of rotatable bonds is 8. The molecule has 4 nitrogen and oxygen atoms in total. The molecule has 0 unspecified atom stereocenters. The Balaban J connectivity index is 1.24. The van der Waals surface area contributed by atoms with Crippen LogP contribution in [0.25, 0.3) is 11.1 Å². The van der Waals surface area contributed by atoms with E-state index >= 15 is 0 Å². The summed E-state index contributed by atoms with van der Waals surface area (Å²) in [6.45, 7) is 0.484. The molecule has 0 aliphatic heterocycles. The summed E-state index contributed by atoms with van der Waals surface area (Å²) in [5, 5.41) is 2.56. The highest BCUT2D eigenvalue weighted by atomic mass is 32.1. The van der Waals surface area contributed by atoms with E-state index in [0.717, 1.165) is 21.7 Å². The maximum Gasteiger partial charge on any atom is 0.312 e. The highest BCUT2D eigenvalue weighted by Crippen LogP contribution is 2.20. The predicted molar refractivity (Wildman–Crippen MR) is 118 cm³/mol. The van der Waals surface area contributed by atoms with Crippen LogP contribution in [0.3, 0.4) is 0 Å². The van der Waals surface area contributed by atoms with Crippen molar-refractivity contribution in [2.24, 2.45) is 0 Å². The Hall–Kier alpha value is -3.51. The Morgan fingerprint density at radius 2 is 1.58 bits per heavy atom. The van der Waals surface area contributed by atoms with Crippen LogP contribution in [0.15, 0.2) is 84.2 Å². The maximum absolute atomic E-state index is 12.9. The zero-order chi connectivity index (χ0) is 21.5. The van der Waals surface area contributed by atoms with Gasteiger partial charge in [-0.3, -0.25) is 4.79 Å². The lowest BCUT2D eigenvalue weighted by Crippen LogP contribution is -2.08. The molecule has 6 heteroatoms. The molecule has 0 bridgehead atoms. The van der Waals surface area contributed by atoms with Gasteiger partial charge in [0.25, 0.3) is 0 Å². The third-order valence-electron chi connectivity index (χ3n) is 4.56. The summed E-state index contributed by atoms with van der Waals surface area (Å²) in [6.07, 6.45) is 0.106. The Labute approximate surface area is 183 Å². The van der Waals surface area contributed by atoms with Crippen molar-refractivity contribution in [3.63, 3.8) is 0 Å². The van der Waals surface area contributed by atoms with Crippen LogP contribution in [0.4, 0.5) is 4.39 Å². The van der Waals surface area contributed by atoms with Crippen LogP contribution >= 0.6 is 11.3 Å². The molecule has 4 aromatic rings. The molecule has 0 N–H and O–H groups in total. The summed E-state index contributed by atoms with van der Waals surface area (Å²) in [5.41, 5.74) is 3.84. The zero-order valence-corrected chi connectivity index (χ0v) is 17.5. The van der Waals surface area contributed by atoms with E-state index in [9.17, 15) is 9.18 Å². The fraction of sp³-hybridized carbons (Fsp3) is 0.120. The molecule has 0 spiro atoms. The number of aromatic nitrogens is 1. The largest absolute Gasteiger partial charge is 0.486 e. The van der Waals surface area contributed by atoms with Crippen LogP contribution in [-0.2, 0) is 29.2 Å². The van der Waals surface area contributed by atoms with Crippen molar-refractivity contribution in [2.75, 3.05) is 0 Å². The molecule has 1 aromatic heterocycles. The number of thiazole rings is 1. The first-order chi connectivity index (χ1) is 15.2. The maximum atomic E-state index is 12.9. The number of halogens is 1. The lowest BCUT2D eigenvalue weighted by atomic mass is 10.0. The average Bonchev–Trinajstić information content (AvgIpc) is 3.25. The van der Waals surface area contributed by atoms with Crippen molar-refractivity contribution in [1.82, 2.24) is 4.98 Å².